The summed E-state index contributed by atoms with van der Waals surface area (Å²) >= 11 is 0. The summed E-state index contributed by atoms with van der Waals surface area (Å²) in [6.45, 7) is 3.69. The molecule has 8 heteroatoms. The molecule has 16 heavy (non-hydrogen) atoms. The fourth-order valence-electron chi connectivity index (χ4n) is 0.477. The second-order valence-electron chi connectivity index (χ2n) is 3.89. The first-order valence-corrected chi connectivity index (χ1v) is 4.55. The molecule has 0 atom stereocenters. The van der Waals surface area contributed by atoms with E-state index >= 15 is 0 Å². The molecular formula is C8H18N6O2. The molecule has 92 valence electrons. The Morgan fingerprint density at radius 3 is 1.25 bits per heavy atom. The summed E-state index contributed by atoms with van der Waals surface area (Å²) in [5.41, 5.74) is 15.1. The van der Waals surface area contributed by atoms with Crippen LogP contribution in [0.4, 0.5) is 17.8 Å². The molecule has 1 aromatic rings. The number of hydrogen-bond donors (Lipinski definition) is 5. The summed E-state index contributed by atoms with van der Waals surface area (Å²) in [4.78, 5) is 10.5. The third-order valence-corrected chi connectivity index (χ3v) is 1.54. The average molecular weight is 230 g/mol. The highest BCUT2D eigenvalue weighted by atomic mass is 16.3. The van der Waals surface area contributed by atoms with Crippen LogP contribution in [0.3, 0.4) is 0 Å². The molecular weight excluding hydrogens is 212 g/mol. The smallest absolute Gasteiger partial charge is 0.226 e. The third-order valence-electron chi connectivity index (χ3n) is 1.54. The molecule has 1 rings (SSSR count). The van der Waals surface area contributed by atoms with E-state index in [0.29, 0.717) is 0 Å². The maximum atomic E-state index is 8.43. The first-order chi connectivity index (χ1) is 7.30. The van der Waals surface area contributed by atoms with Crippen LogP contribution < -0.4 is 17.2 Å². The van der Waals surface area contributed by atoms with Crippen molar-refractivity contribution in [2.24, 2.45) is 5.41 Å². The van der Waals surface area contributed by atoms with Crippen LogP contribution in [0.15, 0.2) is 0 Å². The zero-order chi connectivity index (χ0) is 12.8. The van der Waals surface area contributed by atoms with Gasteiger partial charge >= 0.3 is 0 Å². The van der Waals surface area contributed by atoms with E-state index in [1.165, 1.54) is 0 Å². The molecule has 0 amide bonds. The number of aliphatic hydroxyl groups is 2. The SMILES string of the molecule is CC(C)(CO)CO.Nc1nc(N)nc(N)n1. The average Bonchev–Trinajstić information content (AvgIpc) is 2.16. The number of aromatic nitrogens is 3. The van der Waals surface area contributed by atoms with Crippen molar-refractivity contribution in [1.29, 1.82) is 0 Å². The van der Waals surface area contributed by atoms with Crippen LogP contribution in [0.25, 0.3) is 0 Å². The van der Waals surface area contributed by atoms with Crippen molar-refractivity contribution in [2.45, 2.75) is 13.8 Å². The first kappa shape index (κ1) is 14.3. The van der Waals surface area contributed by atoms with Gasteiger partial charge in [-0.1, -0.05) is 13.8 Å². The van der Waals surface area contributed by atoms with Gasteiger partial charge in [0.25, 0.3) is 0 Å². The molecule has 0 spiro atoms. The van der Waals surface area contributed by atoms with Crippen molar-refractivity contribution in [3.63, 3.8) is 0 Å². The van der Waals surface area contributed by atoms with E-state index in [4.69, 9.17) is 27.4 Å². The van der Waals surface area contributed by atoms with Gasteiger partial charge < -0.3 is 27.4 Å². The van der Waals surface area contributed by atoms with Crippen molar-refractivity contribution in [2.75, 3.05) is 30.4 Å². The van der Waals surface area contributed by atoms with Gasteiger partial charge in [-0.15, -0.1) is 0 Å². The second kappa shape index (κ2) is 6.03. The summed E-state index contributed by atoms with van der Waals surface area (Å²) < 4.78 is 0. The highest BCUT2D eigenvalue weighted by Gasteiger charge is 2.13. The fourth-order valence-corrected chi connectivity index (χ4v) is 0.477. The van der Waals surface area contributed by atoms with Gasteiger partial charge in [-0.05, 0) is 0 Å². The number of anilines is 3. The summed E-state index contributed by atoms with van der Waals surface area (Å²) in [7, 11) is 0. The number of nitrogens with zero attached hydrogens (tertiary/aromatic N) is 3. The molecule has 0 unspecified atom stereocenters. The largest absolute Gasteiger partial charge is 0.396 e. The van der Waals surface area contributed by atoms with Crippen LogP contribution in [0.2, 0.25) is 0 Å². The van der Waals surface area contributed by atoms with Crippen molar-refractivity contribution < 1.29 is 10.2 Å². The third kappa shape index (κ3) is 5.94. The molecule has 0 bridgehead atoms. The second-order valence-corrected chi connectivity index (χ2v) is 3.89. The van der Waals surface area contributed by atoms with E-state index in [9.17, 15) is 0 Å². The topological polar surface area (TPSA) is 157 Å². The van der Waals surface area contributed by atoms with Crippen LogP contribution in [-0.4, -0.2) is 38.4 Å². The first-order valence-electron chi connectivity index (χ1n) is 4.55. The molecule has 0 fully saturated rings. The van der Waals surface area contributed by atoms with Gasteiger partial charge in [0.2, 0.25) is 17.8 Å². The lowest BCUT2D eigenvalue weighted by Gasteiger charge is -2.16. The number of nitrogen functional groups attached to an aromatic ring is 3. The van der Waals surface area contributed by atoms with Crippen LogP contribution in [0, 0.1) is 5.41 Å². The Bertz CT molecular complexity index is 274. The Hall–Kier alpha value is -1.67. The standard InChI is InChI=1S/C5H12O2.C3H6N6/c1-5(2,3-6)4-7;4-1-7-2(5)9-3(6)8-1/h6-7H,3-4H2,1-2H3;(H6,4,5,6,7,8,9). The molecule has 0 aromatic carbocycles. The molecule has 1 heterocycles. The van der Waals surface area contributed by atoms with Crippen molar-refractivity contribution >= 4 is 17.8 Å². The maximum Gasteiger partial charge on any atom is 0.226 e. The molecule has 0 aliphatic heterocycles. The van der Waals surface area contributed by atoms with Gasteiger partial charge in [0.05, 0.1) is 13.2 Å². The quantitative estimate of drug-likeness (QED) is 0.415. The minimum absolute atomic E-state index is 0.0417. The van der Waals surface area contributed by atoms with E-state index in [-0.39, 0.29) is 36.5 Å². The van der Waals surface area contributed by atoms with Gasteiger partial charge in [0, 0.05) is 5.41 Å². The zero-order valence-electron chi connectivity index (χ0n) is 9.38. The van der Waals surface area contributed by atoms with Crippen molar-refractivity contribution in [1.82, 2.24) is 15.0 Å². The molecule has 0 saturated heterocycles. The monoisotopic (exact) mass is 230 g/mol. The highest BCUT2D eigenvalue weighted by molar-refractivity contribution is 5.33. The predicted octanol–water partition coefficient (Wildman–Crippen LogP) is -1.38. The molecule has 0 saturated carbocycles. The van der Waals surface area contributed by atoms with Crippen LogP contribution in [0.1, 0.15) is 13.8 Å². The lowest BCUT2D eigenvalue weighted by atomic mass is 9.97. The molecule has 1 aromatic heterocycles. The molecule has 0 aliphatic carbocycles. The lowest BCUT2D eigenvalue weighted by Crippen LogP contribution is -2.20. The van der Waals surface area contributed by atoms with Crippen molar-refractivity contribution in [3.8, 4) is 0 Å². The van der Waals surface area contributed by atoms with Crippen LogP contribution in [0.5, 0.6) is 0 Å². The number of aliphatic hydroxyl groups excluding tert-OH is 2. The van der Waals surface area contributed by atoms with Crippen molar-refractivity contribution in [3.05, 3.63) is 0 Å². The molecule has 0 aliphatic rings. The highest BCUT2D eigenvalue weighted by Crippen LogP contribution is 2.10. The minimum Gasteiger partial charge on any atom is -0.396 e. The summed E-state index contributed by atoms with van der Waals surface area (Å²) in [5.74, 6) is 0.125. The van der Waals surface area contributed by atoms with E-state index < -0.39 is 0 Å². The molecule has 8 nitrogen and oxygen atoms in total. The minimum atomic E-state index is -0.306. The van der Waals surface area contributed by atoms with E-state index in [2.05, 4.69) is 15.0 Å². The van der Waals surface area contributed by atoms with Gasteiger partial charge in [-0.25, -0.2) is 0 Å². The zero-order valence-corrected chi connectivity index (χ0v) is 9.38. The Balaban J connectivity index is 0.000000293. The van der Waals surface area contributed by atoms with E-state index in [1.54, 1.807) is 13.8 Å². The molecule has 8 N–H and O–H groups in total. The van der Waals surface area contributed by atoms with Gasteiger partial charge in [-0.2, -0.15) is 15.0 Å². The van der Waals surface area contributed by atoms with Gasteiger partial charge in [0.15, 0.2) is 0 Å². The van der Waals surface area contributed by atoms with Crippen LogP contribution in [-0.2, 0) is 0 Å². The maximum absolute atomic E-state index is 8.43. The fraction of sp³-hybridized carbons (Fsp3) is 0.625. The number of rotatable bonds is 2. The molecule has 0 radical (unpaired) electrons. The van der Waals surface area contributed by atoms with Gasteiger partial charge in [0.1, 0.15) is 0 Å². The Morgan fingerprint density at radius 2 is 1.12 bits per heavy atom. The van der Waals surface area contributed by atoms with E-state index in [1.807, 2.05) is 0 Å². The number of hydrogen-bond acceptors (Lipinski definition) is 8. The Kier molecular flexibility index (Phi) is 5.40. The lowest BCUT2D eigenvalue weighted by molar-refractivity contribution is 0.0857. The Morgan fingerprint density at radius 1 is 0.875 bits per heavy atom. The summed E-state index contributed by atoms with van der Waals surface area (Å²) in [5, 5.41) is 16.9. The predicted molar refractivity (Wildman–Crippen MR) is 61.0 cm³/mol. The normalized spacial score (nSPS) is 10.5. The Labute approximate surface area is 93.5 Å². The van der Waals surface area contributed by atoms with Crippen LogP contribution >= 0.6 is 0 Å². The summed E-state index contributed by atoms with van der Waals surface area (Å²) in [6.07, 6.45) is 0. The summed E-state index contributed by atoms with van der Waals surface area (Å²) in [6, 6.07) is 0. The van der Waals surface area contributed by atoms with Gasteiger partial charge in [-0.3, -0.25) is 0 Å². The van der Waals surface area contributed by atoms with E-state index in [0.717, 1.165) is 0 Å². The number of nitrogens with two attached hydrogens (primary N) is 3.